The second-order valence-electron chi connectivity index (χ2n) is 4.07. The average molecular weight is 221 g/mol. The van der Waals surface area contributed by atoms with Crippen LogP contribution in [0.3, 0.4) is 0 Å². The number of halogens is 1. The molecule has 2 saturated heterocycles. The minimum absolute atomic E-state index is 0. The Morgan fingerprint density at radius 2 is 2.36 bits per heavy atom. The summed E-state index contributed by atoms with van der Waals surface area (Å²) >= 11 is 0. The molecule has 0 saturated carbocycles. The predicted molar refractivity (Wildman–Crippen MR) is 55.5 cm³/mol. The molecule has 2 fully saturated rings. The van der Waals surface area contributed by atoms with Gasteiger partial charge in [0.1, 0.15) is 0 Å². The van der Waals surface area contributed by atoms with Crippen LogP contribution in [0, 0.1) is 0 Å². The normalized spacial score (nSPS) is 32.1. The van der Waals surface area contributed by atoms with Gasteiger partial charge in [0.05, 0.1) is 12.1 Å². The van der Waals surface area contributed by atoms with Gasteiger partial charge in [-0.2, -0.15) is 0 Å². The number of hydrogen-bond acceptors (Lipinski definition) is 3. The third kappa shape index (κ3) is 2.38. The van der Waals surface area contributed by atoms with Crippen LogP contribution in [-0.2, 0) is 4.79 Å². The molecule has 5 heteroatoms. The van der Waals surface area contributed by atoms with Crippen molar-refractivity contribution < 1.29 is 9.90 Å². The molecule has 2 heterocycles. The monoisotopic (exact) mass is 220 g/mol. The second kappa shape index (κ2) is 4.47. The van der Waals surface area contributed by atoms with Gasteiger partial charge in [0.15, 0.2) is 0 Å². The highest BCUT2D eigenvalue weighted by atomic mass is 35.5. The summed E-state index contributed by atoms with van der Waals surface area (Å²) in [6.45, 7) is 2.81. The van der Waals surface area contributed by atoms with Gasteiger partial charge < -0.3 is 15.3 Å². The summed E-state index contributed by atoms with van der Waals surface area (Å²) in [6, 6.07) is 0. The molecule has 0 bridgehead atoms. The van der Waals surface area contributed by atoms with Gasteiger partial charge in [-0.1, -0.05) is 0 Å². The molecular formula is C9H17ClN2O2. The zero-order valence-corrected chi connectivity index (χ0v) is 8.98. The maximum atomic E-state index is 11.3. The van der Waals surface area contributed by atoms with Gasteiger partial charge in [0, 0.05) is 19.5 Å². The molecule has 82 valence electrons. The largest absolute Gasteiger partial charge is 0.387 e. The molecule has 2 N–H and O–H groups in total. The highest BCUT2D eigenvalue weighted by Gasteiger charge is 2.35. The third-order valence-corrected chi connectivity index (χ3v) is 2.88. The first-order valence-electron chi connectivity index (χ1n) is 4.91. The van der Waals surface area contributed by atoms with Gasteiger partial charge in [0.2, 0.25) is 5.91 Å². The summed E-state index contributed by atoms with van der Waals surface area (Å²) in [5.74, 6) is 0.195. The lowest BCUT2D eigenvalue weighted by Gasteiger charge is -2.27. The summed E-state index contributed by atoms with van der Waals surface area (Å²) in [5.41, 5.74) is -0.667. The number of aliphatic hydroxyl groups is 1. The highest BCUT2D eigenvalue weighted by molar-refractivity contribution is 5.85. The summed E-state index contributed by atoms with van der Waals surface area (Å²) in [6.07, 6.45) is 2.36. The van der Waals surface area contributed by atoms with Crippen molar-refractivity contribution in [1.82, 2.24) is 10.2 Å². The second-order valence-corrected chi connectivity index (χ2v) is 4.07. The van der Waals surface area contributed by atoms with Crippen LogP contribution in [0.5, 0.6) is 0 Å². The summed E-state index contributed by atoms with van der Waals surface area (Å²) in [5, 5.41) is 13.1. The minimum atomic E-state index is -0.667. The summed E-state index contributed by atoms with van der Waals surface area (Å²) in [7, 11) is 0. The maximum absolute atomic E-state index is 11.3. The molecule has 0 aliphatic carbocycles. The van der Waals surface area contributed by atoms with Crippen molar-refractivity contribution >= 4 is 18.3 Å². The van der Waals surface area contributed by atoms with Crippen LogP contribution in [0.1, 0.15) is 19.3 Å². The zero-order valence-electron chi connectivity index (χ0n) is 8.16. The van der Waals surface area contributed by atoms with E-state index in [2.05, 4.69) is 5.32 Å². The fraction of sp³-hybridized carbons (Fsp3) is 0.889. The van der Waals surface area contributed by atoms with Gasteiger partial charge >= 0.3 is 0 Å². The van der Waals surface area contributed by atoms with Crippen LogP contribution < -0.4 is 5.32 Å². The van der Waals surface area contributed by atoms with Crippen molar-refractivity contribution in [1.29, 1.82) is 0 Å². The molecule has 1 amide bonds. The quantitative estimate of drug-likeness (QED) is 0.675. The Hall–Kier alpha value is -0.320. The first-order valence-corrected chi connectivity index (χ1v) is 4.91. The fourth-order valence-electron chi connectivity index (χ4n) is 2.09. The Bertz CT molecular complexity index is 217. The number of amides is 1. The highest BCUT2D eigenvalue weighted by Crippen LogP contribution is 2.19. The molecule has 1 atom stereocenters. The number of nitrogens with zero attached hydrogens (tertiary/aromatic N) is 1. The van der Waals surface area contributed by atoms with Crippen molar-refractivity contribution in [3.05, 3.63) is 0 Å². The van der Waals surface area contributed by atoms with E-state index >= 15 is 0 Å². The molecular weight excluding hydrogens is 204 g/mol. The lowest BCUT2D eigenvalue weighted by atomic mass is 10.0. The van der Waals surface area contributed by atoms with Crippen LogP contribution in [0.2, 0.25) is 0 Å². The van der Waals surface area contributed by atoms with Crippen LogP contribution in [0.4, 0.5) is 0 Å². The molecule has 0 aromatic rings. The number of β-amino-alcohol motifs (C(OH)–C–C–N with tert-alkyl or cyclic N) is 1. The lowest BCUT2D eigenvalue weighted by molar-refractivity contribution is -0.130. The minimum Gasteiger partial charge on any atom is -0.387 e. The van der Waals surface area contributed by atoms with Crippen LogP contribution >= 0.6 is 12.4 Å². The van der Waals surface area contributed by atoms with Crippen LogP contribution in [0.25, 0.3) is 0 Å². The number of carbonyl (C=O) groups is 1. The fourth-order valence-corrected chi connectivity index (χ4v) is 2.09. The van der Waals surface area contributed by atoms with E-state index in [1.807, 2.05) is 0 Å². The topological polar surface area (TPSA) is 52.6 Å². The standard InChI is InChI=1S/C9H16N2O2.ClH/c12-8-2-1-5-11(8)7-9(13)3-4-10-6-9;/h10,13H,1-7H2;1H. The number of likely N-dealkylation sites (tertiary alicyclic amines) is 1. The first-order chi connectivity index (χ1) is 6.20. The molecule has 2 aliphatic heterocycles. The van der Waals surface area contributed by atoms with E-state index in [-0.39, 0.29) is 18.3 Å². The molecule has 0 aromatic carbocycles. The van der Waals surface area contributed by atoms with Crippen molar-refractivity contribution in [2.24, 2.45) is 0 Å². The Morgan fingerprint density at radius 3 is 2.86 bits per heavy atom. The van der Waals surface area contributed by atoms with E-state index in [9.17, 15) is 9.90 Å². The molecule has 4 nitrogen and oxygen atoms in total. The zero-order chi connectivity index (χ0) is 9.31. The maximum Gasteiger partial charge on any atom is 0.222 e. The van der Waals surface area contributed by atoms with Crippen LogP contribution in [0.15, 0.2) is 0 Å². The van der Waals surface area contributed by atoms with Gasteiger partial charge in [-0.3, -0.25) is 4.79 Å². The molecule has 0 aromatic heterocycles. The SMILES string of the molecule is Cl.O=C1CCCN1CC1(O)CCNC1. The molecule has 14 heavy (non-hydrogen) atoms. The number of hydrogen-bond donors (Lipinski definition) is 2. The van der Waals surface area contributed by atoms with Crippen LogP contribution in [-0.4, -0.2) is 47.7 Å². The number of rotatable bonds is 2. The Kier molecular flexibility index (Phi) is 3.75. The van der Waals surface area contributed by atoms with Crippen molar-refractivity contribution in [3.63, 3.8) is 0 Å². The predicted octanol–water partition coefficient (Wildman–Crippen LogP) is -0.245. The number of carbonyl (C=O) groups excluding carboxylic acids is 1. The Balaban J connectivity index is 0.000000980. The van der Waals surface area contributed by atoms with E-state index in [0.29, 0.717) is 19.5 Å². The van der Waals surface area contributed by atoms with E-state index < -0.39 is 5.60 Å². The van der Waals surface area contributed by atoms with E-state index in [4.69, 9.17) is 0 Å². The smallest absolute Gasteiger partial charge is 0.222 e. The molecule has 2 aliphatic rings. The Labute approximate surface area is 90.1 Å². The third-order valence-electron chi connectivity index (χ3n) is 2.88. The lowest BCUT2D eigenvalue weighted by Crippen LogP contribution is -2.45. The molecule has 0 radical (unpaired) electrons. The summed E-state index contributed by atoms with van der Waals surface area (Å²) in [4.78, 5) is 13.1. The first kappa shape index (κ1) is 11.8. The number of nitrogens with one attached hydrogen (secondary N) is 1. The van der Waals surface area contributed by atoms with Crippen molar-refractivity contribution in [3.8, 4) is 0 Å². The van der Waals surface area contributed by atoms with Crippen molar-refractivity contribution in [2.45, 2.75) is 24.9 Å². The summed E-state index contributed by atoms with van der Waals surface area (Å²) < 4.78 is 0. The van der Waals surface area contributed by atoms with Gasteiger partial charge in [0.25, 0.3) is 0 Å². The van der Waals surface area contributed by atoms with Gasteiger partial charge in [-0.15, -0.1) is 12.4 Å². The average Bonchev–Trinajstić information content (AvgIpc) is 2.64. The van der Waals surface area contributed by atoms with Crippen molar-refractivity contribution in [2.75, 3.05) is 26.2 Å². The van der Waals surface area contributed by atoms with Gasteiger partial charge in [-0.25, -0.2) is 0 Å². The molecule has 1 unspecified atom stereocenters. The van der Waals surface area contributed by atoms with E-state index in [1.54, 1.807) is 4.90 Å². The van der Waals surface area contributed by atoms with E-state index in [1.165, 1.54) is 0 Å². The molecule has 2 rings (SSSR count). The Morgan fingerprint density at radius 1 is 1.57 bits per heavy atom. The molecule has 0 spiro atoms. The van der Waals surface area contributed by atoms with Gasteiger partial charge in [-0.05, 0) is 19.4 Å². The van der Waals surface area contributed by atoms with E-state index in [0.717, 1.165) is 25.9 Å².